The highest BCUT2D eigenvalue weighted by molar-refractivity contribution is 6.32. The van der Waals surface area contributed by atoms with Gasteiger partial charge in [0.05, 0.1) is 18.4 Å². The van der Waals surface area contributed by atoms with Gasteiger partial charge >= 0.3 is 0 Å². The predicted molar refractivity (Wildman–Crippen MR) is 105 cm³/mol. The van der Waals surface area contributed by atoms with Crippen molar-refractivity contribution < 1.29 is 14.2 Å². The Morgan fingerprint density at radius 3 is 2.74 bits per heavy atom. The maximum absolute atomic E-state index is 6.42. The lowest BCUT2D eigenvalue weighted by Crippen LogP contribution is -2.33. The highest BCUT2D eigenvalue weighted by Crippen LogP contribution is 2.40. The summed E-state index contributed by atoms with van der Waals surface area (Å²) >= 11 is 6.20. The van der Waals surface area contributed by atoms with Crippen LogP contribution < -0.4 is 0 Å². The molecule has 4 atom stereocenters. The van der Waals surface area contributed by atoms with E-state index in [2.05, 4.69) is 30.9 Å². The predicted octanol–water partition coefficient (Wildman–Crippen LogP) is 4.46. The summed E-state index contributed by atoms with van der Waals surface area (Å²) in [4.78, 5) is 4.05. The molecule has 3 rings (SSSR count). The van der Waals surface area contributed by atoms with Gasteiger partial charge in [-0.15, -0.1) is 0 Å². The fraction of sp³-hybridized carbons (Fsp3) is 0.700. The van der Waals surface area contributed by atoms with Gasteiger partial charge in [0.15, 0.2) is 5.15 Å². The third-order valence-corrected chi connectivity index (χ3v) is 5.43. The summed E-state index contributed by atoms with van der Waals surface area (Å²) in [5, 5.41) is 4.80. The van der Waals surface area contributed by atoms with E-state index < -0.39 is 0 Å². The number of rotatable bonds is 10. The van der Waals surface area contributed by atoms with E-state index in [1.165, 1.54) is 6.33 Å². The van der Waals surface area contributed by atoms with Crippen molar-refractivity contribution in [1.82, 2.24) is 14.6 Å². The maximum Gasteiger partial charge on any atom is 0.156 e. The molecule has 3 heterocycles. The van der Waals surface area contributed by atoms with Crippen LogP contribution in [0.2, 0.25) is 5.15 Å². The minimum Gasteiger partial charge on any atom is -0.379 e. The molecule has 2 aromatic heterocycles. The highest BCUT2D eigenvalue weighted by Gasteiger charge is 2.44. The monoisotopic (exact) mass is 395 g/mol. The van der Waals surface area contributed by atoms with Gasteiger partial charge in [-0.1, -0.05) is 45.2 Å². The number of halogens is 1. The van der Waals surface area contributed by atoms with E-state index in [0.717, 1.165) is 50.1 Å². The van der Waals surface area contributed by atoms with Crippen molar-refractivity contribution in [2.45, 2.75) is 64.8 Å². The van der Waals surface area contributed by atoms with Crippen LogP contribution in [-0.4, -0.2) is 46.6 Å². The molecule has 0 aromatic carbocycles. The summed E-state index contributed by atoms with van der Waals surface area (Å²) in [6.07, 6.45) is 5.62. The molecule has 150 valence electrons. The first-order valence-electron chi connectivity index (χ1n) is 10.00. The number of hydrogen-bond donors (Lipinski definition) is 0. The van der Waals surface area contributed by atoms with E-state index in [9.17, 15) is 0 Å². The molecule has 0 N–H and O–H groups in total. The van der Waals surface area contributed by atoms with Gasteiger partial charge in [-0.05, 0) is 25.0 Å². The minimum atomic E-state index is -0.120. The lowest BCUT2D eigenvalue weighted by Gasteiger charge is -2.21. The molecule has 0 aliphatic carbocycles. The molecule has 1 fully saturated rings. The second kappa shape index (κ2) is 9.82. The second-order valence-electron chi connectivity index (χ2n) is 7.18. The molecule has 1 saturated heterocycles. The number of fused-ring (bicyclic) bond motifs is 1. The van der Waals surface area contributed by atoms with E-state index in [0.29, 0.717) is 11.8 Å². The largest absolute Gasteiger partial charge is 0.379 e. The number of aromatic nitrogens is 3. The Labute approximate surface area is 166 Å². The van der Waals surface area contributed by atoms with Crippen LogP contribution in [0.1, 0.15) is 58.3 Å². The van der Waals surface area contributed by atoms with E-state index in [4.69, 9.17) is 25.8 Å². The van der Waals surface area contributed by atoms with Gasteiger partial charge in [-0.2, -0.15) is 5.10 Å². The average Bonchev–Trinajstić information content (AvgIpc) is 3.22. The van der Waals surface area contributed by atoms with Crippen molar-refractivity contribution in [3.8, 4) is 0 Å². The molecule has 1 aliphatic heterocycles. The van der Waals surface area contributed by atoms with Crippen LogP contribution in [0.15, 0.2) is 18.5 Å². The molecule has 2 aromatic rings. The van der Waals surface area contributed by atoms with Crippen LogP contribution in [-0.2, 0) is 14.2 Å². The molecule has 1 aliphatic rings. The van der Waals surface area contributed by atoms with E-state index in [1.54, 1.807) is 0 Å². The summed E-state index contributed by atoms with van der Waals surface area (Å²) in [6.45, 7) is 8.56. The molecular weight excluding hydrogens is 366 g/mol. The van der Waals surface area contributed by atoms with Gasteiger partial charge in [0.25, 0.3) is 0 Å². The Hall–Kier alpha value is -1.21. The third kappa shape index (κ3) is 4.62. The molecular formula is C20H30ClN3O3. The van der Waals surface area contributed by atoms with Crippen LogP contribution in [0.3, 0.4) is 0 Å². The minimum absolute atomic E-state index is 0.00559. The number of hydrogen-bond acceptors (Lipinski definition) is 5. The quantitative estimate of drug-likeness (QED) is 0.556. The zero-order valence-corrected chi connectivity index (χ0v) is 17.2. The molecule has 0 unspecified atom stereocenters. The van der Waals surface area contributed by atoms with Gasteiger partial charge < -0.3 is 14.2 Å². The number of unbranched alkanes of at least 4 members (excludes halogenated alkanes) is 2. The average molecular weight is 396 g/mol. The van der Waals surface area contributed by atoms with Crippen molar-refractivity contribution in [1.29, 1.82) is 0 Å². The standard InChI is InChI=1S/C20H30ClN3O3/c1-4-6-10-25-12-17-19(26-11-7-5-2)14(3)18(27-17)15-8-9-16-20(21)22-13-23-24(15)16/h8-9,13-14,17-19H,4-7,10-12H2,1-3H3/t14-,17-,18-,19+/m1/s1. The Morgan fingerprint density at radius 1 is 1.19 bits per heavy atom. The van der Waals surface area contributed by atoms with Gasteiger partial charge in [0.1, 0.15) is 24.1 Å². The molecule has 0 radical (unpaired) electrons. The molecule has 6 nitrogen and oxygen atoms in total. The van der Waals surface area contributed by atoms with Crippen LogP contribution in [0.25, 0.3) is 5.52 Å². The summed E-state index contributed by atoms with van der Waals surface area (Å²) in [5.74, 6) is 0.188. The first kappa shape index (κ1) is 20.5. The van der Waals surface area contributed by atoms with Gasteiger partial charge in [-0.3, -0.25) is 0 Å². The lowest BCUT2D eigenvalue weighted by molar-refractivity contribution is -0.0666. The summed E-state index contributed by atoms with van der Waals surface area (Å²) in [5.41, 5.74) is 1.76. The van der Waals surface area contributed by atoms with Crippen molar-refractivity contribution >= 4 is 17.1 Å². The highest BCUT2D eigenvalue weighted by atomic mass is 35.5. The second-order valence-corrected chi connectivity index (χ2v) is 7.54. The first-order chi connectivity index (χ1) is 13.2. The Kier molecular flexibility index (Phi) is 7.47. The van der Waals surface area contributed by atoms with Crippen molar-refractivity contribution in [3.63, 3.8) is 0 Å². The van der Waals surface area contributed by atoms with Crippen molar-refractivity contribution in [3.05, 3.63) is 29.3 Å². The van der Waals surface area contributed by atoms with Crippen LogP contribution in [0.4, 0.5) is 0 Å². The zero-order chi connectivity index (χ0) is 19.2. The number of nitrogens with zero attached hydrogens (tertiary/aromatic N) is 3. The lowest BCUT2D eigenvalue weighted by atomic mass is 9.96. The normalized spacial score (nSPS) is 25.5. The molecule has 0 saturated carbocycles. The SMILES string of the molecule is CCCCOC[C@H]1O[C@@H](c2ccc3c(Cl)ncnn23)[C@@H](C)[C@@H]1OCCCC. The zero-order valence-electron chi connectivity index (χ0n) is 16.4. The van der Waals surface area contributed by atoms with Gasteiger partial charge in [0.2, 0.25) is 0 Å². The first-order valence-corrected chi connectivity index (χ1v) is 10.4. The Balaban J connectivity index is 1.77. The molecule has 0 spiro atoms. The van der Waals surface area contributed by atoms with E-state index in [-0.39, 0.29) is 24.2 Å². The Morgan fingerprint density at radius 2 is 1.96 bits per heavy atom. The third-order valence-electron chi connectivity index (χ3n) is 5.14. The Bertz CT molecular complexity index is 724. The fourth-order valence-electron chi connectivity index (χ4n) is 3.58. The van der Waals surface area contributed by atoms with Crippen LogP contribution in [0, 0.1) is 5.92 Å². The van der Waals surface area contributed by atoms with Gasteiger partial charge in [0, 0.05) is 19.1 Å². The molecule has 7 heteroatoms. The topological polar surface area (TPSA) is 57.9 Å². The molecule has 0 bridgehead atoms. The number of ether oxygens (including phenoxy) is 3. The maximum atomic E-state index is 6.42. The van der Waals surface area contributed by atoms with Crippen molar-refractivity contribution in [2.75, 3.05) is 19.8 Å². The van der Waals surface area contributed by atoms with E-state index in [1.807, 2.05) is 16.6 Å². The van der Waals surface area contributed by atoms with Crippen LogP contribution in [0.5, 0.6) is 0 Å². The molecule has 0 amide bonds. The summed E-state index contributed by atoms with van der Waals surface area (Å²) in [6, 6.07) is 3.95. The van der Waals surface area contributed by atoms with Crippen LogP contribution >= 0.6 is 11.6 Å². The van der Waals surface area contributed by atoms with Crippen molar-refractivity contribution in [2.24, 2.45) is 5.92 Å². The van der Waals surface area contributed by atoms with Gasteiger partial charge in [-0.25, -0.2) is 9.50 Å². The fourth-order valence-corrected chi connectivity index (χ4v) is 3.77. The smallest absolute Gasteiger partial charge is 0.156 e. The summed E-state index contributed by atoms with van der Waals surface area (Å²) < 4.78 is 20.3. The summed E-state index contributed by atoms with van der Waals surface area (Å²) in [7, 11) is 0. The molecule has 27 heavy (non-hydrogen) atoms. The van der Waals surface area contributed by atoms with E-state index >= 15 is 0 Å².